The van der Waals surface area contributed by atoms with Crippen LogP contribution < -0.4 is 0 Å². The summed E-state index contributed by atoms with van der Waals surface area (Å²) in [4.78, 5) is 0. The van der Waals surface area contributed by atoms with Crippen molar-refractivity contribution in [3.05, 3.63) is 0 Å². The molecule has 2 N–H and O–H groups in total. The minimum absolute atomic E-state index is 0.125. The molecular formula is C7H16O4. The Balaban J connectivity index is 0.000000218. The van der Waals surface area contributed by atoms with Gasteiger partial charge in [-0.15, -0.1) is 0 Å². The average molecular weight is 164 g/mol. The molecule has 1 fully saturated rings. The van der Waals surface area contributed by atoms with E-state index in [1.807, 2.05) is 0 Å². The molecule has 0 bridgehead atoms. The lowest BCUT2D eigenvalue weighted by atomic mass is 10.3. The fraction of sp³-hybridized carbons (Fsp3) is 1.00. The van der Waals surface area contributed by atoms with Crippen molar-refractivity contribution in [2.24, 2.45) is 0 Å². The Kier molecular flexibility index (Phi) is 9.70. The van der Waals surface area contributed by atoms with Gasteiger partial charge < -0.3 is 19.7 Å². The van der Waals surface area contributed by atoms with E-state index in [-0.39, 0.29) is 13.2 Å². The highest BCUT2D eigenvalue weighted by atomic mass is 16.7. The van der Waals surface area contributed by atoms with Crippen LogP contribution in [0.25, 0.3) is 0 Å². The monoisotopic (exact) mass is 164 g/mol. The molecule has 1 aliphatic heterocycles. The third kappa shape index (κ3) is 9.84. The van der Waals surface area contributed by atoms with Gasteiger partial charge in [0, 0.05) is 13.2 Å². The molecule has 0 spiro atoms. The third-order valence-corrected chi connectivity index (χ3v) is 1.09. The van der Waals surface area contributed by atoms with E-state index in [0.717, 1.165) is 26.1 Å². The van der Waals surface area contributed by atoms with E-state index in [1.54, 1.807) is 0 Å². The first kappa shape index (κ1) is 10.8. The smallest absolute Gasteiger partial charge is 0.146 e. The summed E-state index contributed by atoms with van der Waals surface area (Å²) >= 11 is 0. The summed E-state index contributed by atoms with van der Waals surface area (Å²) in [7, 11) is 0. The van der Waals surface area contributed by atoms with Crippen molar-refractivity contribution >= 4 is 0 Å². The van der Waals surface area contributed by atoms with Crippen molar-refractivity contribution in [2.45, 2.75) is 12.8 Å². The topological polar surface area (TPSA) is 58.9 Å². The summed E-state index contributed by atoms with van der Waals surface area (Å²) in [6, 6.07) is 0. The van der Waals surface area contributed by atoms with Crippen LogP contribution in [-0.4, -0.2) is 43.4 Å². The van der Waals surface area contributed by atoms with Crippen LogP contribution in [-0.2, 0) is 9.47 Å². The predicted octanol–water partition coefficient (Wildman–Crippen LogP) is -0.258. The maximum Gasteiger partial charge on any atom is 0.146 e. The van der Waals surface area contributed by atoms with Crippen molar-refractivity contribution in [2.75, 3.05) is 33.2 Å². The zero-order valence-electron chi connectivity index (χ0n) is 6.66. The van der Waals surface area contributed by atoms with E-state index in [9.17, 15) is 0 Å². The molecule has 4 nitrogen and oxygen atoms in total. The van der Waals surface area contributed by atoms with Crippen LogP contribution in [0.15, 0.2) is 0 Å². The Bertz CT molecular complexity index is 45.8. The molecule has 68 valence electrons. The molecule has 0 aromatic rings. The second-order valence-electron chi connectivity index (χ2n) is 2.09. The molecule has 4 heteroatoms. The van der Waals surface area contributed by atoms with Gasteiger partial charge in [0.2, 0.25) is 0 Å². The number of rotatable bonds is 1. The zero-order valence-corrected chi connectivity index (χ0v) is 6.66. The standard InChI is InChI=1S/C5H10O2.C2H6O2/c1-2-4-7-5-6-3-1;3-1-2-4/h1-5H2;3-4H,1-2H2. The first-order chi connectivity index (χ1) is 5.41. The molecule has 0 radical (unpaired) electrons. The minimum atomic E-state index is -0.125. The number of hydrogen-bond acceptors (Lipinski definition) is 4. The Labute approximate surface area is 66.7 Å². The lowest BCUT2D eigenvalue weighted by molar-refractivity contribution is -0.0318. The van der Waals surface area contributed by atoms with Crippen LogP contribution >= 0.6 is 0 Å². The normalized spacial score (nSPS) is 18.0. The van der Waals surface area contributed by atoms with E-state index in [0.29, 0.717) is 6.79 Å². The Morgan fingerprint density at radius 3 is 1.73 bits per heavy atom. The first-order valence-electron chi connectivity index (χ1n) is 3.79. The van der Waals surface area contributed by atoms with Gasteiger partial charge in [0.05, 0.1) is 13.2 Å². The summed E-state index contributed by atoms with van der Waals surface area (Å²) in [6.07, 6.45) is 2.31. The van der Waals surface area contributed by atoms with E-state index in [1.165, 1.54) is 0 Å². The van der Waals surface area contributed by atoms with Gasteiger partial charge in [-0.1, -0.05) is 0 Å². The fourth-order valence-electron chi connectivity index (χ4n) is 0.585. The van der Waals surface area contributed by atoms with Crippen molar-refractivity contribution < 1.29 is 19.7 Å². The molecule has 1 saturated heterocycles. The van der Waals surface area contributed by atoms with Crippen LogP contribution in [0.2, 0.25) is 0 Å². The van der Waals surface area contributed by atoms with Crippen molar-refractivity contribution in [3.8, 4) is 0 Å². The fourth-order valence-corrected chi connectivity index (χ4v) is 0.585. The molecule has 0 saturated carbocycles. The molecule has 0 aromatic heterocycles. The van der Waals surface area contributed by atoms with Gasteiger partial charge in [-0.2, -0.15) is 0 Å². The van der Waals surface area contributed by atoms with Gasteiger partial charge in [-0.05, 0) is 12.8 Å². The summed E-state index contributed by atoms with van der Waals surface area (Å²) in [5, 5.41) is 15.2. The van der Waals surface area contributed by atoms with Gasteiger partial charge in [-0.25, -0.2) is 0 Å². The SMILES string of the molecule is C1CCOCOC1.OCCO. The molecule has 0 amide bonds. The molecule has 11 heavy (non-hydrogen) atoms. The van der Waals surface area contributed by atoms with Crippen LogP contribution in [0.4, 0.5) is 0 Å². The highest BCUT2D eigenvalue weighted by Gasteiger charge is 1.94. The number of aliphatic hydroxyl groups is 2. The second-order valence-corrected chi connectivity index (χ2v) is 2.09. The van der Waals surface area contributed by atoms with Crippen molar-refractivity contribution in [1.82, 2.24) is 0 Å². The van der Waals surface area contributed by atoms with Crippen LogP contribution in [0.3, 0.4) is 0 Å². The van der Waals surface area contributed by atoms with Gasteiger partial charge >= 0.3 is 0 Å². The Morgan fingerprint density at radius 1 is 0.909 bits per heavy atom. The average Bonchev–Trinajstić information content (AvgIpc) is 2.35. The summed E-state index contributed by atoms with van der Waals surface area (Å²) in [6.45, 7) is 2.00. The highest BCUT2D eigenvalue weighted by Crippen LogP contribution is 1.96. The molecule has 0 atom stereocenters. The molecule has 1 aliphatic rings. The molecule has 0 aliphatic carbocycles. The maximum atomic E-state index is 7.62. The van der Waals surface area contributed by atoms with Gasteiger partial charge in [0.25, 0.3) is 0 Å². The highest BCUT2D eigenvalue weighted by molar-refractivity contribution is 4.38. The van der Waals surface area contributed by atoms with E-state index in [4.69, 9.17) is 19.7 Å². The summed E-state index contributed by atoms with van der Waals surface area (Å²) < 4.78 is 9.94. The minimum Gasteiger partial charge on any atom is -0.394 e. The van der Waals surface area contributed by atoms with Gasteiger partial charge in [-0.3, -0.25) is 0 Å². The first-order valence-corrected chi connectivity index (χ1v) is 3.79. The third-order valence-electron chi connectivity index (χ3n) is 1.09. The predicted molar refractivity (Wildman–Crippen MR) is 40.2 cm³/mol. The van der Waals surface area contributed by atoms with Crippen molar-refractivity contribution in [1.29, 1.82) is 0 Å². The molecule has 1 heterocycles. The second kappa shape index (κ2) is 9.84. The molecule has 0 aromatic carbocycles. The molecule has 1 rings (SSSR count). The largest absolute Gasteiger partial charge is 0.394 e. The number of hydrogen-bond donors (Lipinski definition) is 2. The van der Waals surface area contributed by atoms with Crippen LogP contribution in [0.5, 0.6) is 0 Å². The van der Waals surface area contributed by atoms with Gasteiger partial charge in [0.1, 0.15) is 6.79 Å². The lowest BCUT2D eigenvalue weighted by Gasteiger charge is -1.93. The lowest BCUT2D eigenvalue weighted by Crippen LogP contribution is -1.93. The molecule has 0 unspecified atom stereocenters. The number of ether oxygens (including phenoxy) is 2. The zero-order chi connectivity index (χ0) is 8.36. The Morgan fingerprint density at radius 2 is 1.36 bits per heavy atom. The molecular weight excluding hydrogens is 148 g/mol. The summed E-state index contributed by atoms with van der Waals surface area (Å²) in [5.41, 5.74) is 0. The number of aliphatic hydroxyl groups excluding tert-OH is 2. The van der Waals surface area contributed by atoms with Crippen molar-refractivity contribution in [3.63, 3.8) is 0 Å². The Hall–Kier alpha value is -0.160. The van der Waals surface area contributed by atoms with Crippen LogP contribution in [0.1, 0.15) is 12.8 Å². The van der Waals surface area contributed by atoms with Crippen LogP contribution in [0, 0.1) is 0 Å². The van der Waals surface area contributed by atoms with E-state index in [2.05, 4.69) is 0 Å². The van der Waals surface area contributed by atoms with E-state index < -0.39 is 0 Å². The van der Waals surface area contributed by atoms with Gasteiger partial charge in [0.15, 0.2) is 0 Å². The van der Waals surface area contributed by atoms with E-state index >= 15 is 0 Å². The quantitative estimate of drug-likeness (QED) is 0.560. The maximum absolute atomic E-state index is 7.62. The summed E-state index contributed by atoms with van der Waals surface area (Å²) in [5.74, 6) is 0.